The standard InChI is InChI=1S/C22H26N2O/c1-16(18-7-3-2-4-8-18)24(15-17-11-12-17)22(25)23-21-14-13-19-9-5-6-10-20(19)21/h2-10,16-17,21H,11-15H2,1H3,(H,23,25). The summed E-state index contributed by atoms with van der Waals surface area (Å²) in [4.78, 5) is 15.1. The summed E-state index contributed by atoms with van der Waals surface area (Å²) in [6.45, 7) is 3.00. The maximum absolute atomic E-state index is 13.1. The number of nitrogens with zero attached hydrogens (tertiary/aromatic N) is 1. The number of fused-ring (bicyclic) bond motifs is 1. The number of nitrogens with one attached hydrogen (secondary N) is 1. The topological polar surface area (TPSA) is 32.3 Å². The maximum Gasteiger partial charge on any atom is 0.318 e. The predicted molar refractivity (Wildman–Crippen MR) is 100 cm³/mol. The number of carbonyl (C=O) groups excluding carboxylic acids is 1. The molecule has 2 aromatic rings. The van der Waals surface area contributed by atoms with Gasteiger partial charge in [0.2, 0.25) is 0 Å². The lowest BCUT2D eigenvalue weighted by Gasteiger charge is -2.31. The number of hydrogen-bond donors (Lipinski definition) is 1. The molecule has 0 spiro atoms. The van der Waals surface area contributed by atoms with Gasteiger partial charge in [-0.1, -0.05) is 54.6 Å². The van der Waals surface area contributed by atoms with Gasteiger partial charge in [0.1, 0.15) is 0 Å². The van der Waals surface area contributed by atoms with Crippen LogP contribution in [-0.2, 0) is 6.42 Å². The lowest BCUT2D eigenvalue weighted by atomic mass is 10.1. The van der Waals surface area contributed by atoms with Crippen LogP contribution in [0.3, 0.4) is 0 Å². The summed E-state index contributed by atoms with van der Waals surface area (Å²) in [6.07, 6.45) is 4.55. The molecule has 0 aromatic heterocycles. The van der Waals surface area contributed by atoms with Gasteiger partial charge in [-0.25, -0.2) is 4.79 Å². The van der Waals surface area contributed by atoms with E-state index >= 15 is 0 Å². The fourth-order valence-corrected chi connectivity index (χ4v) is 3.85. The SMILES string of the molecule is CC(c1ccccc1)N(CC1CC1)C(=O)NC1CCc2ccccc21. The Kier molecular flexibility index (Phi) is 4.48. The van der Waals surface area contributed by atoms with Gasteiger partial charge < -0.3 is 10.2 Å². The van der Waals surface area contributed by atoms with E-state index in [4.69, 9.17) is 0 Å². The highest BCUT2D eigenvalue weighted by atomic mass is 16.2. The number of aryl methyl sites for hydroxylation is 1. The van der Waals surface area contributed by atoms with Gasteiger partial charge in [-0.3, -0.25) is 0 Å². The molecular weight excluding hydrogens is 308 g/mol. The molecule has 0 bridgehead atoms. The number of amides is 2. The summed E-state index contributed by atoms with van der Waals surface area (Å²) in [6, 6.07) is 19.1. The summed E-state index contributed by atoms with van der Waals surface area (Å²) in [7, 11) is 0. The molecule has 2 aliphatic carbocycles. The van der Waals surface area contributed by atoms with E-state index in [0.29, 0.717) is 5.92 Å². The van der Waals surface area contributed by atoms with E-state index in [-0.39, 0.29) is 18.1 Å². The summed E-state index contributed by atoms with van der Waals surface area (Å²) < 4.78 is 0. The molecule has 25 heavy (non-hydrogen) atoms. The lowest BCUT2D eigenvalue weighted by Crippen LogP contribution is -2.43. The van der Waals surface area contributed by atoms with Crippen LogP contribution >= 0.6 is 0 Å². The number of benzene rings is 2. The Bertz CT molecular complexity index is 739. The second-order valence-corrected chi connectivity index (χ2v) is 7.42. The fourth-order valence-electron chi connectivity index (χ4n) is 3.85. The molecule has 2 aromatic carbocycles. The average Bonchev–Trinajstić information content (AvgIpc) is 3.40. The minimum atomic E-state index is 0.0740. The summed E-state index contributed by atoms with van der Waals surface area (Å²) in [5, 5.41) is 3.31. The molecule has 2 unspecified atom stereocenters. The van der Waals surface area contributed by atoms with Crippen LogP contribution in [0.5, 0.6) is 0 Å². The van der Waals surface area contributed by atoms with Crippen LogP contribution < -0.4 is 5.32 Å². The van der Waals surface area contributed by atoms with Crippen molar-refractivity contribution in [2.75, 3.05) is 6.54 Å². The normalized spacial score (nSPS) is 20.0. The van der Waals surface area contributed by atoms with Crippen LogP contribution in [0.2, 0.25) is 0 Å². The van der Waals surface area contributed by atoms with Gasteiger partial charge in [-0.05, 0) is 55.2 Å². The van der Waals surface area contributed by atoms with Gasteiger partial charge in [-0.15, -0.1) is 0 Å². The molecule has 2 atom stereocenters. The Balaban J connectivity index is 1.50. The van der Waals surface area contributed by atoms with E-state index in [1.807, 2.05) is 23.1 Å². The van der Waals surface area contributed by atoms with Gasteiger partial charge in [0.05, 0.1) is 12.1 Å². The minimum absolute atomic E-state index is 0.0740. The zero-order valence-corrected chi connectivity index (χ0v) is 14.8. The van der Waals surface area contributed by atoms with Crippen LogP contribution in [0.25, 0.3) is 0 Å². The van der Waals surface area contributed by atoms with Crippen LogP contribution in [0, 0.1) is 5.92 Å². The first kappa shape index (κ1) is 16.2. The zero-order chi connectivity index (χ0) is 17.2. The molecule has 4 rings (SSSR count). The highest BCUT2D eigenvalue weighted by molar-refractivity contribution is 5.75. The monoisotopic (exact) mass is 334 g/mol. The number of hydrogen-bond acceptors (Lipinski definition) is 1. The number of carbonyl (C=O) groups is 1. The molecule has 1 N–H and O–H groups in total. The lowest BCUT2D eigenvalue weighted by molar-refractivity contribution is 0.172. The van der Waals surface area contributed by atoms with E-state index in [1.54, 1.807) is 0 Å². The first-order valence-corrected chi connectivity index (χ1v) is 9.42. The van der Waals surface area contributed by atoms with Crippen LogP contribution in [-0.4, -0.2) is 17.5 Å². The average molecular weight is 334 g/mol. The molecule has 2 amide bonds. The molecule has 130 valence electrons. The quantitative estimate of drug-likeness (QED) is 0.832. The molecule has 0 radical (unpaired) electrons. The second kappa shape index (κ2) is 6.91. The first-order valence-electron chi connectivity index (χ1n) is 9.42. The third kappa shape index (κ3) is 3.55. The minimum Gasteiger partial charge on any atom is -0.331 e. The Labute approximate surface area is 150 Å². The summed E-state index contributed by atoms with van der Waals surface area (Å²) in [5.41, 5.74) is 3.86. The van der Waals surface area contributed by atoms with Crippen molar-refractivity contribution >= 4 is 6.03 Å². The van der Waals surface area contributed by atoms with Gasteiger partial charge in [0.25, 0.3) is 0 Å². The summed E-state index contributed by atoms with van der Waals surface area (Å²) in [5.74, 6) is 0.674. The fraction of sp³-hybridized carbons (Fsp3) is 0.409. The molecule has 0 heterocycles. The third-order valence-corrected chi connectivity index (χ3v) is 5.59. The van der Waals surface area contributed by atoms with Gasteiger partial charge in [0.15, 0.2) is 0 Å². The molecule has 1 fully saturated rings. The van der Waals surface area contributed by atoms with Crippen LogP contribution in [0.4, 0.5) is 4.79 Å². The number of rotatable bonds is 5. The van der Waals surface area contributed by atoms with Crippen molar-refractivity contribution in [2.45, 2.75) is 44.7 Å². The van der Waals surface area contributed by atoms with E-state index < -0.39 is 0 Å². The van der Waals surface area contributed by atoms with E-state index in [2.05, 4.69) is 48.6 Å². The van der Waals surface area contributed by atoms with Crippen molar-refractivity contribution in [3.8, 4) is 0 Å². The Morgan fingerprint density at radius 3 is 2.56 bits per heavy atom. The Morgan fingerprint density at radius 2 is 1.80 bits per heavy atom. The van der Waals surface area contributed by atoms with Crippen LogP contribution in [0.1, 0.15) is 55.0 Å². The van der Waals surface area contributed by atoms with Crippen molar-refractivity contribution in [2.24, 2.45) is 5.92 Å². The highest BCUT2D eigenvalue weighted by Crippen LogP contribution is 2.34. The molecule has 3 nitrogen and oxygen atoms in total. The van der Waals surface area contributed by atoms with Crippen molar-refractivity contribution in [3.05, 3.63) is 71.3 Å². The zero-order valence-electron chi connectivity index (χ0n) is 14.8. The maximum atomic E-state index is 13.1. The van der Waals surface area contributed by atoms with Gasteiger partial charge in [0, 0.05) is 6.54 Å². The molecule has 2 aliphatic rings. The second-order valence-electron chi connectivity index (χ2n) is 7.42. The molecule has 0 aliphatic heterocycles. The predicted octanol–water partition coefficient (Wildman–Crippen LogP) is 4.86. The van der Waals surface area contributed by atoms with Gasteiger partial charge in [-0.2, -0.15) is 0 Å². The van der Waals surface area contributed by atoms with Crippen molar-refractivity contribution in [1.29, 1.82) is 0 Å². The van der Waals surface area contributed by atoms with Crippen molar-refractivity contribution in [1.82, 2.24) is 10.2 Å². The smallest absolute Gasteiger partial charge is 0.318 e. The third-order valence-electron chi connectivity index (χ3n) is 5.59. The highest BCUT2D eigenvalue weighted by Gasteiger charge is 2.32. The van der Waals surface area contributed by atoms with Crippen molar-refractivity contribution < 1.29 is 4.79 Å². The Morgan fingerprint density at radius 1 is 1.08 bits per heavy atom. The largest absolute Gasteiger partial charge is 0.331 e. The summed E-state index contributed by atoms with van der Waals surface area (Å²) >= 11 is 0. The molecule has 0 saturated heterocycles. The number of urea groups is 1. The molecule has 3 heteroatoms. The van der Waals surface area contributed by atoms with Crippen LogP contribution in [0.15, 0.2) is 54.6 Å². The van der Waals surface area contributed by atoms with Crippen molar-refractivity contribution in [3.63, 3.8) is 0 Å². The van der Waals surface area contributed by atoms with E-state index in [0.717, 1.165) is 19.4 Å². The van der Waals surface area contributed by atoms with E-state index in [9.17, 15) is 4.79 Å². The molecule has 1 saturated carbocycles. The van der Waals surface area contributed by atoms with E-state index in [1.165, 1.54) is 29.5 Å². The van der Waals surface area contributed by atoms with Gasteiger partial charge >= 0.3 is 6.03 Å². The first-order chi connectivity index (χ1) is 12.2. The Hall–Kier alpha value is -2.29. The molecular formula is C22H26N2O.